The molecule has 0 bridgehead atoms. The number of carbonyl (C=O) groups is 2. The maximum absolute atomic E-state index is 14.8. The second-order valence-corrected chi connectivity index (χ2v) is 10.1. The van der Waals surface area contributed by atoms with Gasteiger partial charge in [-0.05, 0) is 56.4 Å². The van der Waals surface area contributed by atoms with Crippen LogP contribution in [0.1, 0.15) is 22.8 Å². The molecule has 214 valence electrons. The number of nitrogens with one attached hydrogen (secondary N) is 2. The van der Waals surface area contributed by atoms with Crippen molar-refractivity contribution in [2.75, 3.05) is 46.2 Å². The molecule has 1 aliphatic rings. The predicted octanol–water partition coefficient (Wildman–Crippen LogP) is 3.49. The second-order valence-electron chi connectivity index (χ2n) is 10.1. The summed E-state index contributed by atoms with van der Waals surface area (Å²) in [6, 6.07) is 8.11. The Balaban J connectivity index is 1.32. The molecular weight excluding hydrogens is 532 g/mol. The van der Waals surface area contributed by atoms with Crippen molar-refractivity contribution in [3.8, 4) is 17.0 Å². The van der Waals surface area contributed by atoms with Crippen LogP contribution in [0.5, 0.6) is 5.75 Å². The van der Waals surface area contributed by atoms with Gasteiger partial charge in [0.2, 0.25) is 11.7 Å². The molecule has 2 aromatic heterocycles. The lowest BCUT2D eigenvalue weighted by molar-refractivity contribution is -0.136. The van der Waals surface area contributed by atoms with Gasteiger partial charge in [0.05, 0.1) is 31.6 Å². The number of methoxy groups -OCH3 is 1. The monoisotopic (exact) mass is 563 g/mol. The minimum Gasteiger partial charge on any atom is -0.494 e. The molecule has 1 aliphatic heterocycles. The van der Waals surface area contributed by atoms with E-state index >= 15 is 0 Å². The molecule has 0 saturated carbocycles. The number of anilines is 2. The van der Waals surface area contributed by atoms with Gasteiger partial charge in [-0.1, -0.05) is 6.92 Å². The van der Waals surface area contributed by atoms with Crippen LogP contribution in [0, 0.1) is 11.6 Å². The molecule has 41 heavy (non-hydrogen) atoms. The zero-order valence-corrected chi connectivity index (χ0v) is 23.2. The first kappa shape index (κ1) is 28.0. The number of carbonyl (C=O) groups excluding carboxylic acids is 2. The van der Waals surface area contributed by atoms with E-state index in [1.807, 2.05) is 32.0 Å². The molecule has 3 heterocycles. The molecule has 0 unspecified atom stereocenters. The highest BCUT2D eigenvalue weighted by molar-refractivity contribution is 5.96. The minimum atomic E-state index is -1.07. The molecule has 2 N–H and O–H groups in total. The maximum Gasteiger partial charge on any atom is 0.251 e. The van der Waals surface area contributed by atoms with Crippen molar-refractivity contribution in [3.63, 3.8) is 0 Å². The number of imidazole rings is 1. The van der Waals surface area contributed by atoms with Crippen LogP contribution in [-0.2, 0) is 11.2 Å². The third-order valence-corrected chi connectivity index (χ3v) is 6.99. The molecular formula is C29H31F2N7O3. The van der Waals surface area contributed by atoms with Gasteiger partial charge in [-0.3, -0.25) is 14.0 Å². The van der Waals surface area contributed by atoms with Crippen LogP contribution in [0.25, 0.3) is 16.9 Å². The van der Waals surface area contributed by atoms with Gasteiger partial charge in [-0.25, -0.2) is 14.4 Å². The predicted molar refractivity (Wildman–Crippen MR) is 150 cm³/mol. The van der Waals surface area contributed by atoms with Gasteiger partial charge in [0.15, 0.2) is 23.0 Å². The van der Waals surface area contributed by atoms with Crippen molar-refractivity contribution in [2.24, 2.45) is 0 Å². The molecule has 5 rings (SSSR count). The van der Waals surface area contributed by atoms with E-state index in [-0.39, 0.29) is 29.2 Å². The number of hydrogen-bond donors (Lipinski definition) is 2. The zero-order valence-electron chi connectivity index (χ0n) is 23.2. The first-order valence-electron chi connectivity index (χ1n) is 13.2. The van der Waals surface area contributed by atoms with Gasteiger partial charge in [0, 0.05) is 42.3 Å². The van der Waals surface area contributed by atoms with E-state index in [0.29, 0.717) is 54.5 Å². The van der Waals surface area contributed by atoms with Gasteiger partial charge < -0.3 is 25.2 Å². The summed E-state index contributed by atoms with van der Waals surface area (Å²) in [6.07, 6.45) is 5.22. The summed E-state index contributed by atoms with van der Waals surface area (Å²) in [4.78, 5) is 37.5. The number of aryl methyl sites for hydroxylation is 1. The van der Waals surface area contributed by atoms with E-state index in [0.717, 1.165) is 5.56 Å². The Kier molecular flexibility index (Phi) is 7.84. The highest BCUT2D eigenvalue weighted by Crippen LogP contribution is 2.31. The number of halogens is 2. The molecule has 0 radical (unpaired) electrons. The van der Waals surface area contributed by atoms with Crippen molar-refractivity contribution in [3.05, 3.63) is 71.7 Å². The summed E-state index contributed by atoms with van der Waals surface area (Å²) in [5.41, 5.74) is 2.88. The molecule has 10 nitrogen and oxygen atoms in total. The smallest absolute Gasteiger partial charge is 0.251 e. The normalized spacial score (nSPS) is 13.4. The summed E-state index contributed by atoms with van der Waals surface area (Å²) < 4.78 is 35.7. The Hall–Kier alpha value is -4.58. The van der Waals surface area contributed by atoms with E-state index in [1.54, 1.807) is 27.6 Å². The van der Waals surface area contributed by atoms with Crippen LogP contribution in [0.4, 0.5) is 20.3 Å². The first-order valence-corrected chi connectivity index (χ1v) is 13.2. The van der Waals surface area contributed by atoms with Crippen molar-refractivity contribution in [1.29, 1.82) is 0 Å². The Labute approximate surface area is 235 Å². The zero-order chi connectivity index (χ0) is 29.3. The number of nitrogens with zero attached hydrogens (tertiary/aromatic N) is 5. The average molecular weight is 564 g/mol. The Bertz CT molecular complexity index is 1620. The third-order valence-electron chi connectivity index (χ3n) is 6.99. The molecule has 0 aliphatic carbocycles. The van der Waals surface area contributed by atoms with Crippen LogP contribution < -0.4 is 15.4 Å². The van der Waals surface area contributed by atoms with Gasteiger partial charge in [0.25, 0.3) is 5.91 Å². The number of likely N-dealkylation sites (N-methyl/N-ethyl adjacent to an activating group) is 1. The largest absolute Gasteiger partial charge is 0.494 e. The lowest BCUT2D eigenvalue weighted by Gasteiger charge is -2.40. The molecule has 1 fully saturated rings. The summed E-state index contributed by atoms with van der Waals surface area (Å²) in [5, 5.41) is 6.25. The van der Waals surface area contributed by atoms with E-state index in [1.165, 1.54) is 31.6 Å². The number of ether oxygens (including phenoxy) is 1. The number of rotatable bonds is 9. The number of fused-ring (bicyclic) bond motifs is 1. The van der Waals surface area contributed by atoms with Crippen LogP contribution >= 0.6 is 0 Å². The van der Waals surface area contributed by atoms with Gasteiger partial charge >= 0.3 is 0 Å². The van der Waals surface area contributed by atoms with Gasteiger partial charge in [0.1, 0.15) is 0 Å². The van der Waals surface area contributed by atoms with Crippen molar-refractivity contribution < 1.29 is 23.1 Å². The lowest BCUT2D eigenvalue weighted by atomic mass is 10.0. The molecule has 2 amide bonds. The summed E-state index contributed by atoms with van der Waals surface area (Å²) in [6.45, 7) is 3.29. The van der Waals surface area contributed by atoms with E-state index in [4.69, 9.17) is 4.74 Å². The topological polar surface area (TPSA) is 104 Å². The van der Waals surface area contributed by atoms with Crippen LogP contribution in [0.15, 0.2) is 48.9 Å². The fourth-order valence-corrected chi connectivity index (χ4v) is 4.82. The quantitative estimate of drug-likeness (QED) is 0.321. The maximum atomic E-state index is 14.8. The van der Waals surface area contributed by atoms with Crippen molar-refractivity contribution in [1.82, 2.24) is 29.5 Å². The van der Waals surface area contributed by atoms with E-state index in [9.17, 15) is 18.4 Å². The molecule has 0 spiro atoms. The van der Waals surface area contributed by atoms with Crippen LogP contribution in [0.2, 0.25) is 0 Å². The Morgan fingerprint density at radius 2 is 1.90 bits per heavy atom. The lowest BCUT2D eigenvalue weighted by Crippen LogP contribution is -2.62. The number of amides is 2. The SMILES string of the molecule is CCc1cc(Nc2nccn3c(-c4ccc(OC)c(F)c4F)cnc23)ccc1C(=O)NC1CN(C(=O)CN(C)C)C1. The third kappa shape index (κ3) is 5.55. The minimum absolute atomic E-state index is 0.0354. The highest BCUT2D eigenvalue weighted by Gasteiger charge is 2.32. The highest BCUT2D eigenvalue weighted by atomic mass is 19.2. The average Bonchev–Trinajstić information content (AvgIpc) is 3.36. The summed E-state index contributed by atoms with van der Waals surface area (Å²) in [5.74, 6) is -2.03. The number of hydrogen-bond acceptors (Lipinski definition) is 7. The first-order chi connectivity index (χ1) is 19.7. The van der Waals surface area contributed by atoms with Crippen molar-refractivity contribution >= 4 is 29.0 Å². The molecule has 0 atom stereocenters. The van der Waals surface area contributed by atoms with Gasteiger partial charge in [-0.2, -0.15) is 4.39 Å². The Morgan fingerprint density at radius 3 is 2.61 bits per heavy atom. The second kappa shape index (κ2) is 11.5. The van der Waals surface area contributed by atoms with Crippen molar-refractivity contribution in [2.45, 2.75) is 19.4 Å². The number of benzene rings is 2. The van der Waals surface area contributed by atoms with E-state index < -0.39 is 11.6 Å². The van der Waals surface area contributed by atoms with Crippen LogP contribution in [0.3, 0.4) is 0 Å². The summed E-state index contributed by atoms with van der Waals surface area (Å²) in [7, 11) is 4.96. The van der Waals surface area contributed by atoms with E-state index in [2.05, 4.69) is 20.6 Å². The molecule has 1 saturated heterocycles. The molecule has 12 heteroatoms. The summed E-state index contributed by atoms with van der Waals surface area (Å²) >= 11 is 0. The number of likely N-dealkylation sites (tertiary alicyclic amines) is 1. The fraction of sp³-hybridized carbons (Fsp3) is 0.310. The number of aromatic nitrogens is 3. The molecule has 2 aromatic carbocycles. The molecule has 4 aromatic rings. The Morgan fingerprint density at radius 1 is 1.12 bits per heavy atom. The van der Waals surface area contributed by atoms with Gasteiger partial charge in [-0.15, -0.1) is 0 Å². The fourth-order valence-electron chi connectivity index (χ4n) is 4.82. The standard InChI is InChI=1S/C29H31F2N7O3/c1-5-17-12-18(6-7-20(17)29(40)35-19-14-37(15-19)24(39)16-36(2)3)34-27-28-33-13-22(38(28)11-10-32-27)21-8-9-23(41-4)26(31)25(21)30/h6-13,19H,5,14-16H2,1-4H3,(H,32,34)(H,35,40). The van der Waals surface area contributed by atoms with Crippen LogP contribution in [-0.4, -0.2) is 82.9 Å².